The molecule has 1 saturated heterocycles. The van der Waals surface area contributed by atoms with Gasteiger partial charge in [0.1, 0.15) is 23.2 Å². The number of carbonyl (C=O) groups excluding carboxylic acids is 3. The Labute approximate surface area is 199 Å². The summed E-state index contributed by atoms with van der Waals surface area (Å²) in [7, 11) is 0. The molecular weight excluding hydrogens is 464 g/mol. The SMILES string of the molecule is O=C(O)C1=C(C(=O)OC2CCCCC2)CS[C@H]2C(NC(=O)C(C(=O)O)c3ccccc3)C(=O)N12. The Morgan fingerprint density at radius 1 is 1.06 bits per heavy atom. The molecule has 2 amide bonds. The fourth-order valence-electron chi connectivity index (χ4n) is 4.47. The molecule has 10 nitrogen and oxygen atoms in total. The number of carbonyl (C=O) groups is 5. The van der Waals surface area contributed by atoms with Crippen LogP contribution in [0.15, 0.2) is 41.6 Å². The highest BCUT2D eigenvalue weighted by atomic mass is 32.2. The second kappa shape index (κ2) is 9.88. The summed E-state index contributed by atoms with van der Waals surface area (Å²) in [5, 5.41) is 21.0. The predicted molar refractivity (Wildman–Crippen MR) is 119 cm³/mol. The molecule has 3 aliphatic rings. The number of carboxylic acid groups (broad SMARTS) is 2. The average Bonchev–Trinajstić information content (AvgIpc) is 2.82. The summed E-state index contributed by atoms with van der Waals surface area (Å²) in [5.74, 6) is -6.68. The number of β-lactam (4-membered cyclic amide) rings is 1. The molecule has 1 aromatic carbocycles. The van der Waals surface area contributed by atoms with Crippen molar-refractivity contribution in [3.8, 4) is 0 Å². The Morgan fingerprint density at radius 3 is 2.35 bits per heavy atom. The van der Waals surface area contributed by atoms with Crippen LogP contribution in [-0.4, -0.2) is 68.1 Å². The minimum Gasteiger partial charge on any atom is -0.480 e. The summed E-state index contributed by atoms with van der Waals surface area (Å²) in [6, 6.07) is 6.78. The van der Waals surface area contributed by atoms with Crippen LogP contribution in [0.2, 0.25) is 0 Å². The van der Waals surface area contributed by atoms with E-state index in [1.807, 2.05) is 0 Å². The molecule has 0 spiro atoms. The number of carboxylic acids is 2. The number of nitrogens with zero attached hydrogens (tertiary/aromatic N) is 1. The first-order valence-electron chi connectivity index (χ1n) is 11.0. The number of thioether (sulfide) groups is 1. The summed E-state index contributed by atoms with van der Waals surface area (Å²) in [6.07, 6.45) is 4.12. The van der Waals surface area contributed by atoms with Crippen LogP contribution in [0.5, 0.6) is 0 Å². The van der Waals surface area contributed by atoms with Gasteiger partial charge in [0, 0.05) is 5.75 Å². The van der Waals surface area contributed by atoms with Crippen molar-refractivity contribution >= 4 is 41.5 Å². The molecule has 1 aromatic rings. The van der Waals surface area contributed by atoms with Gasteiger partial charge in [-0.15, -0.1) is 11.8 Å². The van der Waals surface area contributed by atoms with E-state index in [0.29, 0.717) is 0 Å². The Balaban J connectivity index is 1.50. The van der Waals surface area contributed by atoms with Crippen LogP contribution in [0, 0.1) is 0 Å². The van der Waals surface area contributed by atoms with Gasteiger partial charge in [-0.1, -0.05) is 36.8 Å². The van der Waals surface area contributed by atoms with Gasteiger partial charge in [-0.25, -0.2) is 9.59 Å². The van der Waals surface area contributed by atoms with Crippen LogP contribution in [0.1, 0.15) is 43.6 Å². The van der Waals surface area contributed by atoms with Crippen LogP contribution in [0.3, 0.4) is 0 Å². The minimum absolute atomic E-state index is 0.00491. The Morgan fingerprint density at radius 2 is 1.74 bits per heavy atom. The molecular formula is C23H24N2O8S. The fourth-order valence-corrected chi connectivity index (χ4v) is 5.80. The molecule has 3 N–H and O–H groups in total. The second-order valence-electron chi connectivity index (χ2n) is 8.38. The first kappa shape index (κ1) is 23.8. The van der Waals surface area contributed by atoms with Crippen molar-refractivity contribution in [2.45, 2.75) is 55.5 Å². The van der Waals surface area contributed by atoms with Crippen LogP contribution in [0.25, 0.3) is 0 Å². The lowest BCUT2D eigenvalue weighted by atomic mass is 9.96. The maximum atomic E-state index is 12.8. The lowest BCUT2D eigenvalue weighted by Crippen LogP contribution is -2.71. The Kier molecular flexibility index (Phi) is 6.92. The second-order valence-corrected chi connectivity index (χ2v) is 9.48. The topological polar surface area (TPSA) is 150 Å². The number of hydrogen-bond donors (Lipinski definition) is 3. The van der Waals surface area contributed by atoms with Gasteiger partial charge >= 0.3 is 17.9 Å². The molecule has 3 atom stereocenters. The number of rotatable bonds is 7. The number of ether oxygens (including phenoxy) is 1. The van der Waals surface area contributed by atoms with Crippen molar-refractivity contribution in [1.82, 2.24) is 10.2 Å². The Hall–Kier alpha value is -3.34. The molecule has 2 heterocycles. The zero-order valence-electron chi connectivity index (χ0n) is 18.1. The minimum atomic E-state index is -1.52. The van der Waals surface area contributed by atoms with Crippen molar-refractivity contribution < 1.29 is 38.9 Å². The van der Waals surface area contributed by atoms with E-state index in [9.17, 15) is 34.2 Å². The van der Waals surface area contributed by atoms with E-state index in [1.165, 1.54) is 12.1 Å². The molecule has 0 bridgehead atoms. The highest BCUT2D eigenvalue weighted by molar-refractivity contribution is 8.00. The van der Waals surface area contributed by atoms with Gasteiger partial charge in [0.2, 0.25) is 5.91 Å². The van der Waals surface area contributed by atoms with E-state index in [4.69, 9.17) is 4.74 Å². The maximum Gasteiger partial charge on any atom is 0.353 e. The van der Waals surface area contributed by atoms with E-state index < -0.39 is 52.8 Å². The van der Waals surface area contributed by atoms with Crippen LogP contribution in [-0.2, 0) is 28.7 Å². The molecule has 2 fully saturated rings. The molecule has 34 heavy (non-hydrogen) atoms. The number of esters is 1. The standard InChI is InChI=1S/C23H24N2O8S/c26-18(15(21(28)29)12-7-3-1-4-8-12)24-16-19(27)25-17(22(30)31)14(11-34-20(16)25)23(32)33-13-9-5-2-6-10-13/h1,3-4,7-8,13,15-16,20H,2,5-6,9-11H2,(H,24,26)(H,28,29)(H,30,31)/t15?,16?,20-/m0/s1. The van der Waals surface area contributed by atoms with Gasteiger partial charge in [0.15, 0.2) is 5.92 Å². The van der Waals surface area contributed by atoms with E-state index in [1.54, 1.807) is 18.2 Å². The summed E-state index contributed by atoms with van der Waals surface area (Å²) in [5.41, 5.74) is -0.283. The first-order chi connectivity index (χ1) is 16.3. The van der Waals surface area contributed by atoms with Crippen LogP contribution >= 0.6 is 11.8 Å². The quantitative estimate of drug-likeness (QED) is 0.294. The summed E-state index contributed by atoms with van der Waals surface area (Å²) < 4.78 is 5.51. The average molecular weight is 489 g/mol. The third kappa shape index (κ3) is 4.52. The molecule has 11 heteroatoms. The number of hydrogen-bond acceptors (Lipinski definition) is 7. The monoisotopic (exact) mass is 488 g/mol. The van der Waals surface area contributed by atoms with Gasteiger partial charge in [-0.3, -0.25) is 19.3 Å². The lowest BCUT2D eigenvalue weighted by molar-refractivity contribution is -0.153. The summed E-state index contributed by atoms with van der Waals surface area (Å²) >= 11 is 1.12. The Bertz CT molecular complexity index is 1050. The smallest absolute Gasteiger partial charge is 0.353 e. The predicted octanol–water partition coefficient (Wildman–Crippen LogP) is 1.47. The third-order valence-corrected chi connectivity index (χ3v) is 7.46. The highest BCUT2D eigenvalue weighted by Crippen LogP contribution is 2.41. The molecule has 2 unspecified atom stereocenters. The molecule has 4 rings (SSSR count). The molecule has 2 aliphatic heterocycles. The van der Waals surface area contributed by atoms with E-state index in [2.05, 4.69) is 5.32 Å². The summed E-state index contributed by atoms with van der Waals surface area (Å²) in [4.78, 5) is 63.0. The number of aliphatic carboxylic acids is 2. The number of amides is 2. The van der Waals surface area contributed by atoms with Crippen molar-refractivity contribution in [2.75, 3.05) is 5.75 Å². The molecule has 180 valence electrons. The zero-order valence-corrected chi connectivity index (χ0v) is 19.0. The van der Waals surface area contributed by atoms with Crippen molar-refractivity contribution in [3.05, 3.63) is 47.2 Å². The highest BCUT2D eigenvalue weighted by Gasteiger charge is 2.55. The molecule has 0 radical (unpaired) electrons. The van der Waals surface area contributed by atoms with Crippen molar-refractivity contribution in [2.24, 2.45) is 0 Å². The van der Waals surface area contributed by atoms with Crippen LogP contribution in [0.4, 0.5) is 0 Å². The van der Waals surface area contributed by atoms with Crippen LogP contribution < -0.4 is 5.32 Å². The van der Waals surface area contributed by atoms with Gasteiger partial charge in [0.25, 0.3) is 5.91 Å². The van der Waals surface area contributed by atoms with E-state index in [-0.39, 0.29) is 23.0 Å². The van der Waals surface area contributed by atoms with Crippen molar-refractivity contribution in [1.29, 1.82) is 0 Å². The number of nitrogens with one attached hydrogen (secondary N) is 1. The van der Waals surface area contributed by atoms with Gasteiger partial charge in [-0.05, 0) is 31.2 Å². The van der Waals surface area contributed by atoms with Gasteiger partial charge < -0.3 is 20.3 Å². The maximum absolute atomic E-state index is 12.8. The molecule has 0 aromatic heterocycles. The number of benzene rings is 1. The third-order valence-electron chi connectivity index (χ3n) is 6.18. The lowest BCUT2D eigenvalue weighted by Gasteiger charge is -2.49. The van der Waals surface area contributed by atoms with E-state index in [0.717, 1.165) is 48.8 Å². The zero-order chi connectivity index (χ0) is 24.4. The number of fused-ring (bicyclic) bond motifs is 1. The largest absolute Gasteiger partial charge is 0.480 e. The normalized spacial score (nSPS) is 23.4. The summed E-state index contributed by atoms with van der Waals surface area (Å²) in [6.45, 7) is 0. The van der Waals surface area contributed by atoms with Gasteiger partial charge in [-0.2, -0.15) is 0 Å². The van der Waals surface area contributed by atoms with Gasteiger partial charge in [0.05, 0.1) is 5.57 Å². The fraction of sp³-hybridized carbons (Fsp3) is 0.435. The first-order valence-corrected chi connectivity index (χ1v) is 12.0. The van der Waals surface area contributed by atoms with Crippen molar-refractivity contribution in [3.63, 3.8) is 0 Å². The molecule has 1 saturated carbocycles. The van der Waals surface area contributed by atoms with E-state index >= 15 is 0 Å². The molecule has 1 aliphatic carbocycles.